The van der Waals surface area contributed by atoms with Gasteiger partial charge in [-0.1, -0.05) is 48.5 Å². The summed E-state index contributed by atoms with van der Waals surface area (Å²) in [5.74, 6) is 2.77. The van der Waals surface area contributed by atoms with Gasteiger partial charge in [-0.05, 0) is 40.7 Å². The number of phenols is 1. The molecule has 0 spiro atoms. The highest BCUT2D eigenvalue weighted by Gasteiger charge is 2.16. The van der Waals surface area contributed by atoms with Crippen LogP contribution < -0.4 is 0 Å². The Morgan fingerprint density at radius 2 is 1.57 bits per heavy atom. The van der Waals surface area contributed by atoms with E-state index in [9.17, 15) is 5.11 Å². The van der Waals surface area contributed by atoms with Crippen LogP contribution in [0.1, 0.15) is 17.5 Å². The summed E-state index contributed by atoms with van der Waals surface area (Å²) >= 11 is 3.90. The summed E-state index contributed by atoms with van der Waals surface area (Å²) in [5, 5.41) is 10.1. The maximum atomic E-state index is 10.1. The number of thioether (sulfide) groups is 2. The maximum Gasteiger partial charge on any atom is 0.119 e. The SMILES string of the molecule is Oc1ccccc1CC(=C1SCCCS1)c1ccccc1. The number of allylic oxidation sites excluding steroid dienone is 1. The van der Waals surface area contributed by atoms with Crippen LogP contribution in [0.3, 0.4) is 0 Å². The lowest BCUT2D eigenvalue weighted by atomic mass is 9.99. The van der Waals surface area contributed by atoms with Gasteiger partial charge in [-0.15, -0.1) is 23.5 Å². The predicted molar refractivity (Wildman–Crippen MR) is 94.7 cm³/mol. The van der Waals surface area contributed by atoms with Crippen molar-refractivity contribution < 1.29 is 5.11 Å². The number of para-hydroxylation sites is 1. The molecule has 0 unspecified atom stereocenters. The van der Waals surface area contributed by atoms with Gasteiger partial charge in [0.05, 0.1) is 0 Å². The van der Waals surface area contributed by atoms with E-state index >= 15 is 0 Å². The Bertz CT molecular complexity index is 627. The molecular formula is C18H18OS2. The van der Waals surface area contributed by atoms with Gasteiger partial charge in [0.25, 0.3) is 0 Å². The summed E-state index contributed by atoms with van der Waals surface area (Å²) in [6.07, 6.45) is 2.06. The van der Waals surface area contributed by atoms with Crippen LogP contribution in [0.15, 0.2) is 58.8 Å². The third kappa shape index (κ3) is 3.66. The first-order valence-corrected chi connectivity index (χ1v) is 9.13. The molecule has 21 heavy (non-hydrogen) atoms. The quantitative estimate of drug-likeness (QED) is 0.843. The van der Waals surface area contributed by atoms with E-state index in [4.69, 9.17) is 0 Å². The van der Waals surface area contributed by atoms with Gasteiger partial charge in [0.15, 0.2) is 0 Å². The molecule has 0 bridgehead atoms. The Hall–Kier alpha value is -1.32. The third-order valence-corrected chi connectivity index (χ3v) is 6.19. The normalized spacial score (nSPS) is 15.0. The van der Waals surface area contributed by atoms with Crippen molar-refractivity contribution in [1.82, 2.24) is 0 Å². The molecule has 1 heterocycles. The topological polar surface area (TPSA) is 20.2 Å². The van der Waals surface area contributed by atoms with Crippen molar-refractivity contribution in [3.8, 4) is 5.75 Å². The lowest BCUT2D eigenvalue weighted by Gasteiger charge is -2.19. The largest absolute Gasteiger partial charge is 0.508 e. The number of hydrogen-bond donors (Lipinski definition) is 1. The molecule has 2 aromatic rings. The summed E-state index contributed by atoms with van der Waals surface area (Å²) in [6, 6.07) is 18.2. The number of hydrogen-bond acceptors (Lipinski definition) is 3. The minimum atomic E-state index is 0.386. The molecule has 1 N–H and O–H groups in total. The van der Waals surface area contributed by atoms with Gasteiger partial charge in [0, 0.05) is 10.7 Å². The zero-order valence-corrected chi connectivity index (χ0v) is 13.4. The Morgan fingerprint density at radius 3 is 2.29 bits per heavy atom. The number of phenolic OH excluding ortho intramolecular Hbond substituents is 1. The second-order valence-electron chi connectivity index (χ2n) is 4.99. The van der Waals surface area contributed by atoms with Gasteiger partial charge in [0.2, 0.25) is 0 Å². The van der Waals surface area contributed by atoms with Gasteiger partial charge in [-0.2, -0.15) is 0 Å². The molecule has 1 fully saturated rings. The Kier molecular flexibility index (Phi) is 4.94. The van der Waals surface area contributed by atoms with Gasteiger partial charge < -0.3 is 5.11 Å². The molecule has 0 saturated carbocycles. The summed E-state index contributed by atoms with van der Waals surface area (Å²) in [5.41, 5.74) is 3.60. The summed E-state index contributed by atoms with van der Waals surface area (Å²) in [4.78, 5) is 0. The van der Waals surface area contributed by atoms with Gasteiger partial charge in [-0.25, -0.2) is 0 Å². The number of benzene rings is 2. The lowest BCUT2D eigenvalue weighted by Crippen LogP contribution is -1.99. The van der Waals surface area contributed by atoms with Crippen LogP contribution in [-0.4, -0.2) is 16.6 Å². The smallest absolute Gasteiger partial charge is 0.119 e. The van der Waals surface area contributed by atoms with Crippen LogP contribution >= 0.6 is 23.5 Å². The highest BCUT2D eigenvalue weighted by molar-refractivity contribution is 8.23. The lowest BCUT2D eigenvalue weighted by molar-refractivity contribution is 0.470. The van der Waals surface area contributed by atoms with E-state index in [2.05, 4.69) is 24.3 Å². The van der Waals surface area contributed by atoms with Crippen molar-refractivity contribution in [2.45, 2.75) is 12.8 Å². The highest BCUT2D eigenvalue weighted by Crippen LogP contribution is 2.42. The molecule has 0 aliphatic carbocycles. The average molecular weight is 314 g/mol. The fourth-order valence-electron chi connectivity index (χ4n) is 2.39. The van der Waals surface area contributed by atoms with Gasteiger partial charge in [0.1, 0.15) is 5.75 Å². The van der Waals surface area contributed by atoms with Crippen molar-refractivity contribution in [3.05, 3.63) is 70.0 Å². The molecule has 2 aromatic carbocycles. The molecule has 3 rings (SSSR count). The molecule has 0 amide bonds. The Labute approximate surface area is 134 Å². The minimum absolute atomic E-state index is 0.386. The van der Waals surface area contributed by atoms with E-state index in [1.165, 1.54) is 33.3 Å². The van der Waals surface area contributed by atoms with Crippen LogP contribution in [0.25, 0.3) is 5.57 Å². The molecule has 0 radical (unpaired) electrons. The Balaban J connectivity index is 1.99. The van der Waals surface area contributed by atoms with Crippen LogP contribution in [0.5, 0.6) is 5.75 Å². The second-order valence-corrected chi connectivity index (χ2v) is 7.46. The van der Waals surface area contributed by atoms with Crippen molar-refractivity contribution in [2.75, 3.05) is 11.5 Å². The maximum absolute atomic E-state index is 10.1. The van der Waals surface area contributed by atoms with E-state index in [1.54, 1.807) is 6.07 Å². The molecule has 0 atom stereocenters. The zero-order valence-electron chi connectivity index (χ0n) is 11.8. The summed E-state index contributed by atoms with van der Waals surface area (Å²) in [6.45, 7) is 0. The number of aromatic hydroxyl groups is 1. The number of rotatable bonds is 3. The van der Waals surface area contributed by atoms with E-state index in [0.717, 1.165) is 12.0 Å². The first-order valence-electron chi connectivity index (χ1n) is 7.15. The molecule has 1 aliphatic heterocycles. The zero-order chi connectivity index (χ0) is 14.5. The summed E-state index contributed by atoms with van der Waals surface area (Å²) in [7, 11) is 0. The average Bonchev–Trinajstić information content (AvgIpc) is 2.56. The van der Waals surface area contributed by atoms with E-state index < -0.39 is 0 Å². The van der Waals surface area contributed by atoms with Crippen molar-refractivity contribution in [3.63, 3.8) is 0 Å². The molecule has 1 saturated heterocycles. The molecule has 1 nitrogen and oxygen atoms in total. The standard InChI is InChI=1S/C18H18OS2/c19-17-10-5-4-9-15(17)13-16(14-7-2-1-3-8-14)18-20-11-6-12-21-18/h1-5,7-10,19H,6,11-13H2. The van der Waals surface area contributed by atoms with Crippen molar-refractivity contribution in [1.29, 1.82) is 0 Å². The fourth-order valence-corrected chi connectivity index (χ4v) is 5.08. The minimum Gasteiger partial charge on any atom is -0.508 e. The van der Waals surface area contributed by atoms with Gasteiger partial charge >= 0.3 is 0 Å². The molecule has 1 aliphatic rings. The van der Waals surface area contributed by atoms with Crippen LogP contribution in [0, 0.1) is 0 Å². The summed E-state index contributed by atoms with van der Waals surface area (Å²) < 4.78 is 1.41. The predicted octanol–water partition coefficient (Wildman–Crippen LogP) is 5.17. The fraction of sp³-hybridized carbons (Fsp3) is 0.222. The highest BCUT2D eigenvalue weighted by atomic mass is 32.2. The second kappa shape index (κ2) is 7.10. The van der Waals surface area contributed by atoms with Crippen molar-refractivity contribution in [2.24, 2.45) is 0 Å². The van der Waals surface area contributed by atoms with Crippen LogP contribution in [0.2, 0.25) is 0 Å². The van der Waals surface area contributed by atoms with E-state index in [1.807, 2.05) is 47.8 Å². The Morgan fingerprint density at radius 1 is 0.905 bits per heavy atom. The van der Waals surface area contributed by atoms with E-state index in [-0.39, 0.29) is 0 Å². The van der Waals surface area contributed by atoms with Crippen LogP contribution in [0.4, 0.5) is 0 Å². The molecular weight excluding hydrogens is 296 g/mol. The van der Waals surface area contributed by atoms with Gasteiger partial charge in [-0.3, -0.25) is 0 Å². The monoisotopic (exact) mass is 314 g/mol. The molecule has 3 heteroatoms. The van der Waals surface area contributed by atoms with Crippen LogP contribution in [-0.2, 0) is 6.42 Å². The molecule has 108 valence electrons. The first kappa shape index (κ1) is 14.6. The van der Waals surface area contributed by atoms with E-state index in [0.29, 0.717) is 5.75 Å². The first-order chi connectivity index (χ1) is 10.3. The third-order valence-electron chi connectivity index (χ3n) is 3.48. The molecule has 0 aromatic heterocycles. The van der Waals surface area contributed by atoms with Crippen molar-refractivity contribution >= 4 is 29.1 Å².